The number of thioether (sulfide) groups is 2. The summed E-state index contributed by atoms with van der Waals surface area (Å²) in [5, 5.41) is 5.11. The standard InChI is InChI=1S/C16H23ClFNS2/c1-3-14-16(21-9-8-20-14)13(19-4-2)10-11-6-5-7-12(18)15(11)17/h5-7,13-14,16,19H,3-4,8-10H2,1-2H3. The Morgan fingerprint density at radius 3 is 2.81 bits per heavy atom. The van der Waals surface area contributed by atoms with Gasteiger partial charge in [-0.3, -0.25) is 0 Å². The van der Waals surface area contributed by atoms with E-state index in [1.165, 1.54) is 24.0 Å². The third-order valence-corrected chi connectivity index (χ3v) is 7.66. The normalized spacial score (nSPS) is 24.0. The Bertz CT molecular complexity index is 458. The van der Waals surface area contributed by atoms with Gasteiger partial charge in [0.15, 0.2) is 0 Å². The summed E-state index contributed by atoms with van der Waals surface area (Å²) in [5.74, 6) is 2.12. The molecule has 21 heavy (non-hydrogen) atoms. The van der Waals surface area contributed by atoms with Crippen LogP contribution in [0, 0.1) is 5.82 Å². The van der Waals surface area contributed by atoms with Crippen LogP contribution in [0.5, 0.6) is 0 Å². The van der Waals surface area contributed by atoms with Crippen LogP contribution in [0.15, 0.2) is 18.2 Å². The summed E-state index contributed by atoms with van der Waals surface area (Å²) in [4.78, 5) is 0. The summed E-state index contributed by atoms with van der Waals surface area (Å²) in [7, 11) is 0. The third-order valence-electron chi connectivity index (χ3n) is 3.83. The topological polar surface area (TPSA) is 12.0 Å². The molecule has 1 fully saturated rings. The molecule has 0 spiro atoms. The molecule has 3 atom stereocenters. The highest BCUT2D eigenvalue weighted by Gasteiger charge is 2.32. The molecule has 5 heteroatoms. The van der Waals surface area contributed by atoms with Gasteiger partial charge in [-0.05, 0) is 31.0 Å². The number of nitrogens with one attached hydrogen (secondary N) is 1. The van der Waals surface area contributed by atoms with Crippen LogP contribution in [0.1, 0.15) is 25.8 Å². The number of benzene rings is 1. The van der Waals surface area contributed by atoms with E-state index in [9.17, 15) is 4.39 Å². The van der Waals surface area contributed by atoms with Crippen molar-refractivity contribution in [2.45, 2.75) is 43.2 Å². The van der Waals surface area contributed by atoms with Gasteiger partial charge in [-0.25, -0.2) is 4.39 Å². The van der Waals surface area contributed by atoms with E-state index in [2.05, 4.69) is 42.7 Å². The molecule has 0 aromatic heterocycles. The molecule has 0 saturated carbocycles. The molecule has 0 amide bonds. The van der Waals surface area contributed by atoms with Crippen LogP contribution in [-0.2, 0) is 6.42 Å². The van der Waals surface area contributed by atoms with Gasteiger partial charge in [0.1, 0.15) is 5.82 Å². The average Bonchev–Trinajstić information content (AvgIpc) is 2.51. The number of rotatable bonds is 6. The van der Waals surface area contributed by atoms with Crippen LogP contribution in [0.4, 0.5) is 4.39 Å². The zero-order valence-electron chi connectivity index (χ0n) is 12.6. The summed E-state index contributed by atoms with van der Waals surface area (Å²) < 4.78 is 13.6. The van der Waals surface area contributed by atoms with Crippen molar-refractivity contribution in [1.29, 1.82) is 0 Å². The van der Waals surface area contributed by atoms with Crippen LogP contribution in [-0.4, -0.2) is 34.6 Å². The first-order valence-electron chi connectivity index (χ1n) is 7.56. The molecule has 2 rings (SSSR count). The Morgan fingerprint density at radius 1 is 1.33 bits per heavy atom. The summed E-state index contributed by atoms with van der Waals surface area (Å²) in [5.41, 5.74) is 0.911. The predicted octanol–water partition coefficient (Wildman–Crippen LogP) is 4.63. The Kier molecular flexibility index (Phi) is 7.20. The fourth-order valence-corrected chi connectivity index (χ4v) is 6.29. The van der Waals surface area contributed by atoms with Gasteiger partial charge in [-0.1, -0.05) is 37.6 Å². The van der Waals surface area contributed by atoms with Crippen molar-refractivity contribution in [2.24, 2.45) is 0 Å². The second-order valence-electron chi connectivity index (χ2n) is 5.23. The van der Waals surface area contributed by atoms with E-state index in [0.717, 1.165) is 18.5 Å². The number of halogens is 2. The molecule has 1 N–H and O–H groups in total. The van der Waals surface area contributed by atoms with Crippen molar-refractivity contribution in [1.82, 2.24) is 5.32 Å². The van der Waals surface area contributed by atoms with Crippen LogP contribution in [0.3, 0.4) is 0 Å². The molecular weight excluding hydrogens is 325 g/mol. The predicted molar refractivity (Wildman–Crippen MR) is 95.4 cm³/mol. The van der Waals surface area contributed by atoms with Gasteiger partial charge in [0.25, 0.3) is 0 Å². The molecule has 0 bridgehead atoms. The zero-order valence-corrected chi connectivity index (χ0v) is 15.0. The van der Waals surface area contributed by atoms with Gasteiger partial charge >= 0.3 is 0 Å². The van der Waals surface area contributed by atoms with Crippen molar-refractivity contribution >= 4 is 35.1 Å². The molecule has 1 heterocycles. The Hall–Kier alpha value is 0.1000. The number of hydrogen-bond donors (Lipinski definition) is 1. The maximum absolute atomic E-state index is 13.6. The minimum atomic E-state index is -0.317. The van der Waals surface area contributed by atoms with Crippen molar-refractivity contribution in [2.75, 3.05) is 18.1 Å². The van der Waals surface area contributed by atoms with Gasteiger partial charge < -0.3 is 5.32 Å². The van der Waals surface area contributed by atoms with Crippen LogP contribution < -0.4 is 5.32 Å². The lowest BCUT2D eigenvalue weighted by atomic mass is 10.00. The highest BCUT2D eigenvalue weighted by Crippen LogP contribution is 2.36. The lowest BCUT2D eigenvalue weighted by Crippen LogP contribution is -2.46. The minimum absolute atomic E-state index is 0.280. The maximum atomic E-state index is 13.6. The van der Waals surface area contributed by atoms with Gasteiger partial charge in [0, 0.05) is 28.0 Å². The molecular formula is C16H23ClFNS2. The van der Waals surface area contributed by atoms with E-state index in [1.807, 2.05) is 6.07 Å². The van der Waals surface area contributed by atoms with Gasteiger partial charge in [0.2, 0.25) is 0 Å². The second kappa shape index (κ2) is 8.66. The smallest absolute Gasteiger partial charge is 0.142 e. The molecule has 3 unspecified atom stereocenters. The molecule has 1 aromatic carbocycles. The van der Waals surface area contributed by atoms with Gasteiger partial charge in [-0.2, -0.15) is 23.5 Å². The number of likely N-dealkylation sites (N-methyl/N-ethyl adjacent to an activating group) is 1. The first-order chi connectivity index (χ1) is 10.2. The summed E-state index contributed by atoms with van der Waals surface area (Å²) >= 11 is 10.3. The third kappa shape index (κ3) is 4.54. The van der Waals surface area contributed by atoms with Gasteiger partial charge in [-0.15, -0.1) is 0 Å². The van der Waals surface area contributed by atoms with Crippen molar-refractivity contribution in [3.63, 3.8) is 0 Å². The van der Waals surface area contributed by atoms with E-state index in [4.69, 9.17) is 11.6 Å². The SMILES string of the molecule is CCNC(Cc1cccc(F)c1Cl)C1SCCSC1CC. The highest BCUT2D eigenvalue weighted by molar-refractivity contribution is 8.07. The molecule has 0 aliphatic carbocycles. The molecule has 0 radical (unpaired) electrons. The monoisotopic (exact) mass is 347 g/mol. The van der Waals surface area contributed by atoms with E-state index in [-0.39, 0.29) is 10.8 Å². The maximum Gasteiger partial charge on any atom is 0.142 e. The van der Waals surface area contributed by atoms with Crippen LogP contribution >= 0.6 is 35.1 Å². The molecule has 1 saturated heterocycles. The van der Waals surface area contributed by atoms with Crippen molar-refractivity contribution in [3.8, 4) is 0 Å². The molecule has 1 aliphatic heterocycles. The van der Waals surface area contributed by atoms with E-state index >= 15 is 0 Å². The second-order valence-corrected chi connectivity index (χ2v) is 8.25. The van der Waals surface area contributed by atoms with E-state index in [0.29, 0.717) is 16.5 Å². The summed E-state index contributed by atoms with van der Waals surface area (Å²) in [6.45, 7) is 5.31. The Labute approximate surface area is 140 Å². The van der Waals surface area contributed by atoms with E-state index in [1.54, 1.807) is 6.07 Å². The van der Waals surface area contributed by atoms with E-state index < -0.39 is 0 Å². The Balaban J connectivity index is 2.16. The molecule has 1 nitrogen and oxygen atoms in total. The lowest BCUT2D eigenvalue weighted by molar-refractivity contribution is 0.489. The highest BCUT2D eigenvalue weighted by atomic mass is 35.5. The fourth-order valence-electron chi connectivity index (χ4n) is 2.82. The molecule has 118 valence electrons. The van der Waals surface area contributed by atoms with Crippen LogP contribution in [0.2, 0.25) is 5.02 Å². The summed E-state index contributed by atoms with van der Waals surface area (Å²) in [6.07, 6.45) is 1.97. The summed E-state index contributed by atoms with van der Waals surface area (Å²) in [6, 6.07) is 5.46. The first kappa shape index (κ1) is 17.5. The quantitative estimate of drug-likeness (QED) is 0.806. The molecule has 1 aliphatic rings. The van der Waals surface area contributed by atoms with Crippen LogP contribution in [0.25, 0.3) is 0 Å². The van der Waals surface area contributed by atoms with Crippen molar-refractivity contribution < 1.29 is 4.39 Å². The lowest BCUT2D eigenvalue weighted by Gasteiger charge is -2.36. The Morgan fingerprint density at radius 2 is 2.10 bits per heavy atom. The number of hydrogen-bond acceptors (Lipinski definition) is 3. The largest absolute Gasteiger partial charge is 0.313 e. The first-order valence-corrected chi connectivity index (χ1v) is 10.0. The fraction of sp³-hybridized carbons (Fsp3) is 0.625. The average molecular weight is 348 g/mol. The van der Waals surface area contributed by atoms with Gasteiger partial charge in [0.05, 0.1) is 5.02 Å². The zero-order chi connectivity index (χ0) is 15.2. The minimum Gasteiger partial charge on any atom is -0.313 e. The van der Waals surface area contributed by atoms with Crippen molar-refractivity contribution in [3.05, 3.63) is 34.6 Å². The molecule has 1 aromatic rings.